The summed E-state index contributed by atoms with van der Waals surface area (Å²) >= 11 is 3.31. The Morgan fingerprint density at radius 2 is 2.00 bits per heavy atom. The van der Waals surface area contributed by atoms with E-state index in [0.717, 1.165) is 0 Å². The van der Waals surface area contributed by atoms with E-state index in [1.54, 1.807) is 24.3 Å². The summed E-state index contributed by atoms with van der Waals surface area (Å²) in [5.74, 6) is 1.38. The van der Waals surface area contributed by atoms with Crippen LogP contribution in [-0.2, 0) is 0 Å². The van der Waals surface area contributed by atoms with Crippen molar-refractivity contribution in [3.05, 3.63) is 40.5 Å². The molecule has 0 aliphatic rings. The standard InChI is InChI=1S/C13H10BrN3O2/c1-18-10-2-8(6-15)3-11(5-10)19-13-12(14)4-9(16)7-17-13/h2-5,7H,16H2,1H3. The van der Waals surface area contributed by atoms with Gasteiger partial charge in [0.2, 0.25) is 5.88 Å². The summed E-state index contributed by atoms with van der Waals surface area (Å²) in [6, 6.07) is 8.63. The fourth-order valence-electron chi connectivity index (χ4n) is 1.44. The van der Waals surface area contributed by atoms with Crippen molar-refractivity contribution < 1.29 is 9.47 Å². The molecule has 2 N–H and O–H groups in total. The number of pyridine rings is 1. The maximum atomic E-state index is 8.94. The van der Waals surface area contributed by atoms with E-state index in [2.05, 4.69) is 20.9 Å². The van der Waals surface area contributed by atoms with Crippen molar-refractivity contribution in [3.63, 3.8) is 0 Å². The molecular weight excluding hydrogens is 310 g/mol. The van der Waals surface area contributed by atoms with Crippen LogP contribution in [-0.4, -0.2) is 12.1 Å². The van der Waals surface area contributed by atoms with Gasteiger partial charge in [-0.05, 0) is 34.1 Å². The topological polar surface area (TPSA) is 81.2 Å². The first-order valence-electron chi connectivity index (χ1n) is 5.30. The number of hydrogen-bond donors (Lipinski definition) is 1. The molecule has 96 valence electrons. The second-order valence-corrected chi connectivity index (χ2v) is 4.52. The van der Waals surface area contributed by atoms with Crippen molar-refractivity contribution >= 4 is 21.6 Å². The highest BCUT2D eigenvalue weighted by atomic mass is 79.9. The number of hydrogen-bond acceptors (Lipinski definition) is 5. The third-order valence-corrected chi connectivity index (χ3v) is 2.86. The van der Waals surface area contributed by atoms with Gasteiger partial charge >= 0.3 is 0 Å². The van der Waals surface area contributed by atoms with Crippen molar-refractivity contribution in [2.45, 2.75) is 0 Å². The lowest BCUT2D eigenvalue weighted by atomic mass is 10.2. The van der Waals surface area contributed by atoms with E-state index in [-0.39, 0.29) is 0 Å². The number of methoxy groups -OCH3 is 1. The van der Waals surface area contributed by atoms with Gasteiger partial charge in [0.1, 0.15) is 11.5 Å². The Balaban J connectivity index is 2.35. The third-order valence-electron chi connectivity index (χ3n) is 2.29. The Morgan fingerprint density at radius 1 is 1.26 bits per heavy atom. The second-order valence-electron chi connectivity index (χ2n) is 3.67. The summed E-state index contributed by atoms with van der Waals surface area (Å²) in [7, 11) is 1.53. The van der Waals surface area contributed by atoms with E-state index in [1.807, 2.05) is 6.07 Å². The van der Waals surface area contributed by atoms with E-state index in [1.165, 1.54) is 13.3 Å². The largest absolute Gasteiger partial charge is 0.497 e. The van der Waals surface area contributed by atoms with Gasteiger partial charge in [0.15, 0.2) is 0 Å². The number of aromatic nitrogens is 1. The second kappa shape index (κ2) is 5.59. The van der Waals surface area contributed by atoms with E-state index in [9.17, 15) is 0 Å². The molecular formula is C13H10BrN3O2. The number of anilines is 1. The minimum atomic E-state index is 0.367. The third kappa shape index (κ3) is 3.14. The van der Waals surface area contributed by atoms with Gasteiger partial charge in [0.05, 0.1) is 35.1 Å². The summed E-state index contributed by atoms with van der Waals surface area (Å²) in [6.45, 7) is 0. The van der Waals surface area contributed by atoms with E-state index >= 15 is 0 Å². The van der Waals surface area contributed by atoms with Crippen LogP contribution >= 0.6 is 15.9 Å². The minimum absolute atomic E-state index is 0.367. The molecule has 19 heavy (non-hydrogen) atoms. The summed E-state index contributed by atoms with van der Waals surface area (Å²) in [5, 5.41) is 8.94. The van der Waals surface area contributed by atoms with Crippen LogP contribution in [0.4, 0.5) is 5.69 Å². The molecule has 1 aromatic heterocycles. The highest BCUT2D eigenvalue weighted by Gasteiger charge is 2.07. The molecule has 6 heteroatoms. The molecule has 0 atom stereocenters. The number of rotatable bonds is 3. The van der Waals surface area contributed by atoms with Gasteiger partial charge in [-0.2, -0.15) is 5.26 Å². The molecule has 0 bridgehead atoms. The molecule has 5 nitrogen and oxygen atoms in total. The Hall–Kier alpha value is -2.26. The van der Waals surface area contributed by atoms with Crippen LogP contribution in [0.5, 0.6) is 17.4 Å². The Morgan fingerprint density at radius 3 is 2.63 bits per heavy atom. The first-order chi connectivity index (χ1) is 9.12. The number of nitrogen functional groups attached to an aromatic ring is 1. The summed E-state index contributed by atoms with van der Waals surface area (Å²) < 4.78 is 11.3. The Bertz CT molecular complexity index is 653. The van der Waals surface area contributed by atoms with Gasteiger partial charge in [0.25, 0.3) is 0 Å². The average Bonchev–Trinajstić information content (AvgIpc) is 2.41. The van der Waals surface area contributed by atoms with Gasteiger partial charge in [0, 0.05) is 6.07 Å². The molecule has 0 aliphatic heterocycles. The Kier molecular flexibility index (Phi) is 3.88. The van der Waals surface area contributed by atoms with E-state index < -0.39 is 0 Å². The fourth-order valence-corrected chi connectivity index (χ4v) is 1.89. The molecule has 2 aromatic rings. The van der Waals surface area contributed by atoms with Crippen LogP contribution in [0.15, 0.2) is 34.9 Å². The smallest absolute Gasteiger partial charge is 0.233 e. The SMILES string of the molecule is COc1cc(C#N)cc(Oc2ncc(N)cc2Br)c1. The van der Waals surface area contributed by atoms with Crippen LogP contribution in [0.25, 0.3) is 0 Å². The first kappa shape index (κ1) is 13.2. The summed E-state index contributed by atoms with van der Waals surface area (Å²) in [5.41, 5.74) is 6.58. The zero-order valence-corrected chi connectivity index (χ0v) is 11.6. The van der Waals surface area contributed by atoms with Crippen LogP contribution < -0.4 is 15.2 Å². The zero-order valence-electron chi connectivity index (χ0n) is 10.1. The van der Waals surface area contributed by atoms with Crippen LogP contribution in [0, 0.1) is 11.3 Å². The summed E-state index contributed by atoms with van der Waals surface area (Å²) in [6.07, 6.45) is 1.49. The van der Waals surface area contributed by atoms with Gasteiger partial charge in [-0.15, -0.1) is 0 Å². The highest BCUT2D eigenvalue weighted by Crippen LogP contribution is 2.31. The highest BCUT2D eigenvalue weighted by molar-refractivity contribution is 9.10. The molecule has 0 fully saturated rings. The first-order valence-corrected chi connectivity index (χ1v) is 6.09. The van der Waals surface area contributed by atoms with Crippen LogP contribution in [0.1, 0.15) is 5.56 Å². The Labute approximate surface area is 118 Å². The number of halogens is 1. The molecule has 0 saturated carbocycles. The monoisotopic (exact) mass is 319 g/mol. The molecule has 0 amide bonds. The number of nitrogens with two attached hydrogens (primary N) is 1. The van der Waals surface area contributed by atoms with Crippen molar-refractivity contribution in [3.8, 4) is 23.4 Å². The molecule has 0 spiro atoms. The maximum Gasteiger partial charge on any atom is 0.233 e. The molecule has 0 unspecified atom stereocenters. The fraction of sp³-hybridized carbons (Fsp3) is 0.0769. The lowest BCUT2D eigenvalue weighted by Crippen LogP contribution is -1.93. The molecule has 1 aromatic carbocycles. The molecule has 0 aliphatic carbocycles. The van der Waals surface area contributed by atoms with Crippen molar-refractivity contribution in [1.29, 1.82) is 5.26 Å². The maximum absolute atomic E-state index is 8.94. The lowest BCUT2D eigenvalue weighted by Gasteiger charge is -2.09. The normalized spacial score (nSPS) is 9.74. The van der Waals surface area contributed by atoms with Gasteiger partial charge in [-0.1, -0.05) is 0 Å². The number of benzene rings is 1. The number of nitrogens with zero attached hydrogens (tertiary/aromatic N) is 2. The molecule has 0 radical (unpaired) electrons. The van der Waals surface area contributed by atoms with Crippen molar-refractivity contribution in [2.75, 3.05) is 12.8 Å². The summed E-state index contributed by atoms with van der Waals surface area (Å²) in [4.78, 5) is 4.07. The van der Waals surface area contributed by atoms with Crippen molar-refractivity contribution in [2.24, 2.45) is 0 Å². The van der Waals surface area contributed by atoms with E-state index in [4.69, 9.17) is 20.5 Å². The zero-order chi connectivity index (χ0) is 13.8. The van der Waals surface area contributed by atoms with Gasteiger partial charge in [-0.3, -0.25) is 0 Å². The van der Waals surface area contributed by atoms with Crippen LogP contribution in [0.2, 0.25) is 0 Å². The van der Waals surface area contributed by atoms with Gasteiger partial charge in [-0.25, -0.2) is 4.98 Å². The predicted octanol–water partition coefficient (Wildman–Crippen LogP) is 3.10. The predicted molar refractivity (Wildman–Crippen MR) is 74.1 cm³/mol. The molecule has 0 saturated heterocycles. The van der Waals surface area contributed by atoms with Crippen LogP contribution in [0.3, 0.4) is 0 Å². The van der Waals surface area contributed by atoms with E-state index in [0.29, 0.717) is 33.1 Å². The minimum Gasteiger partial charge on any atom is -0.497 e. The number of nitriles is 1. The lowest BCUT2D eigenvalue weighted by molar-refractivity contribution is 0.407. The number of ether oxygens (including phenoxy) is 2. The molecule has 2 rings (SSSR count). The van der Waals surface area contributed by atoms with Crippen molar-refractivity contribution in [1.82, 2.24) is 4.98 Å². The average molecular weight is 320 g/mol. The van der Waals surface area contributed by atoms with Gasteiger partial charge < -0.3 is 15.2 Å². The quantitative estimate of drug-likeness (QED) is 0.940. The molecule has 1 heterocycles.